The van der Waals surface area contributed by atoms with Gasteiger partial charge in [-0.05, 0) is 36.4 Å². The van der Waals surface area contributed by atoms with Crippen molar-refractivity contribution >= 4 is 16.8 Å². The number of para-hydroxylation sites is 1. The Bertz CT molecular complexity index is 805. The number of carbonyl (C=O) groups is 1. The number of hydrogen-bond acceptors (Lipinski definition) is 2. The number of fused-ring (bicyclic) bond motifs is 1. The Morgan fingerprint density at radius 2 is 2.09 bits per heavy atom. The SMILES string of the molecule is O=C(Cn1ccc2ccccc21)N1CCC[C@@H](n2cccn2)C1. The predicted molar refractivity (Wildman–Crippen MR) is 89.0 cm³/mol. The highest BCUT2D eigenvalue weighted by Gasteiger charge is 2.25. The molecule has 0 bridgehead atoms. The standard InChI is InChI=1S/C18H20N4O/c23-18(14-20-12-8-15-5-1-2-7-17(15)20)21-10-3-6-16(13-21)22-11-4-9-19-22/h1-2,4-5,7-9,11-12,16H,3,6,10,13-14H2/t16-/m1/s1. The highest BCUT2D eigenvalue weighted by atomic mass is 16.2. The summed E-state index contributed by atoms with van der Waals surface area (Å²) >= 11 is 0. The third-order valence-electron chi connectivity index (χ3n) is 4.63. The van der Waals surface area contributed by atoms with Crippen molar-refractivity contribution in [3.63, 3.8) is 0 Å². The molecule has 118 valence electrons. The number of hydrogen-bond donors (Lipinski definition) is 0. The third kappa shape index (κ3) is 2.74. The summed E-state index contributed by atoms with van der Waals surface area (Å²) in [6.07, 6.45) is 7.89. The van der Waals surface area contributed by atoms with Gasteiger partial charge in [-0.25, -0.2) is 0 Å². The molecule has 1 fully saturated rings. The largest absolute Gasteiger partial charge is 0.339 e. The summed E-state index contributed by atoms with van der Waals surface area (Å²) in [6, 6.07) is 12.5. The van der Waals surface area contributed by atoms with Gasteiger partial charge in [0.2, 0.25) is 5.91 Å². The van der Waals surface area contributed by atoms with E-state index in [9.17, 15) is 4.79 Å². The number of likely N-dealkylation sites (tertiary alicyclic amines) is 1. The fourth-order valence-corrected chi connectivity index (χ4v) is 3.42. The maximum Gasteiger partial charge on any atom is 0.242 e. The lowest BCUT2D eigenvalue weighted by Gasteiger charge is -2.33. The molecular weight excluding hydrogens is 288 g/mol. The molecule has 0 saturated carbocycles. The van der Waals surface area contributed by atoms with Crippen molar-refractivity contribution in [3.8, 4) is 0 Å². The van der Waals surface area contributed by atoms with Crippen LogP contribution in [0, 0.1) is 0 Å². The predicted octanol–water partition coefficient (Wildman–Crippen LogP) is 2.70. The first-order valence-electron chi connectivity index (χ1n) is 8.12. The van der Waals surface area contributed by atoms with E-state index in [0.717, 1.165) is 31.4 Å². The van der Waals surface area contributed by atoms with Crippen molar-refractivity contribution in [2.75, 3.05) is 13.1 Å². The second-order valence-electron chi connectivity index (χ2n) is 6.12. The second-order valence-corrected chi connectivity index (χ2v) is 6.12. The topological polar surface area (TPSA) is 43.1 Å². The average molecular weight is 308 g/mol. The van der Waals surface area contributed by atoms with Gasteiger partial charge in [-0.1, -0.05) is 18.2 Å². The molecule has 2 aromatic heterocycles. The van der Waals surface area contributed by atoms with E-state index in [1.165, 1.54) is 5.39 Å². The summed E-state index contributed by atoms with van der Waals surface area (Å²) in [5, 5.41) is 5.50. The molecule has 1 amide bonds. The number of piperidine rings is 1. The molecule has 1 saturated heterocycles. The first-order valence-corrected chi connectivity index (χ1v) is 8.12. The number of carbonyl (C=O) groups excluding carboxylic acids is 1. The fourth-order valence-electron chi connectivity index (χ4n) is 3.42. The van der Waals surface area contributed by atoms with Crippen LogP contribution in [0.4, 0.5) is 0 Å². The minimum Gasteiger partial charge on any atom is -0.339 e. The van der Waals surface area contributed by atoms with E-state index in [4.69, 9.17) is 0 Å². The Morgan fingerprint density at radius 3 is 2.96 bits per heavy atom. The quantitative estimate of drug-likeness (QED) is 0.746. The Kier molecular flexibility index (Phi) is 3.61. The maximum absolute atomic E-state index is 12.7. The van der Waals surface area contributed by atoms with Gasteiger partial charge in [0.1, 0.15) is 6.54 Å². The molecule has 5 heteroatoms. The van der Waals surface area contributed by atoms with E-state index in [1.807, 2.05) is 44.7 Å². The molecule has 0 N–H and O–H groups in total. The molecule has 3 heterocycles. The normalized spacial score (nSPS) is 18.4. The molecule has 1 aliphatic rings. The molecule has 3 aromatic rings. The van der Waals surface area contributed by atoms with Crippen molar-refractivity contribution < 1.29 is 4.79 Å². The van der Waals surface area contributed by atoms with E-state index in [1.54, 1.807) is 6.20 Å². The lowest BCUT2D eigenvalue weighted by atomic mass is 10.1. The van der Waals surface area contributed by atoms with Gasteiger partial charge in [0.05, 0.1) is 6.04 Å². The molecule has 4 rings (SSSR count). The molecule has 1 atom stereocenters. The van der Waals surface area contributed by atoms with Gasteiger partial charge in [-0.2, -0.15) is 5.10 Å². The summed E-state index contributed by atoms with van der Waals surface area (Å²) in [7, 11) is 0. The molecule has 0 unspecified atom stereocenters. The summed E-state index contributed by atoms with van der Waals surface area (Å²) < 4.78 is 4.01. The minimum absolute atomic E-state index is 0.184. The number of nitrogens with zero attached hydrogens (tertiary/aromatic N) is 4. The molecule has 0 aliphatic carbocycles. The first kappa shape index (κ1) is 14.1. The van der Waals surface area contributed by atoms with Crippen LogP contribution >= 0.6 is 0 Å². The van der Waals surface area contributed by atoms with Crippen LogP contribution in [0.1, 0.15) is 18.9 Å². The molecule has 0 spiro atoms. The van der Waals surface area contributed by atoms with Gasteiger partial charge in [-0.15, -0.1) is 0 Å². The van der Waals surface area contributed by atoms with E-state index in [-0.39, 0.29) is 5.91 Å². The molecular formula is C18H20N4O. The first-order chi connectivity index (χ1) is 11.3. The zero-order valence-electron chi connectivity index (χ0n) is 13.0. The van der Waals surface area contributed by atoms with E-state index in [0.29, 0.717) is 12.6 Å². The van der Waals surface area contributed by atoms with Gasteiger partial charge in [0.25, 0.3) is 0 Å². The van der Waals surface area contributed by atoms with Crippen LogP contribution in [-0.4, -0.2) is 38.2 Å². The van der Waals surface area contributed by atoms with Crippen molar-refractivity contribution in [2.24, 2.45) is 0 Å². The number of aromatic nitrogens is 3. The van der Waals surface area contributed by atoms with Crippen LogP contribution < -0.4 is 0 Å². The fraction of sp³-hybridized carbons (Fsp3) is 0.333. The number of benzene rings is 1. The van der Waals surface area contributed by atoms with Crippen LogP contribution in [0.25, 0.3) is 10.9 Å². The summed E-state index contributed by atoms with van der Waals surface area (Å²) in [6.45, 7) is 1.99. The van der Waals surface area contributed by atoms with E-state index >= 15 is 0 Å². The van der Waals surface area contributed by atoms with E-state index < -0.39 is 0 Å². The van der Waals surface area contributed by atoms with Gasteiger partial charge >= 0.3 is 0 Å². The molecule has 1 aromatic carbocycles. The Balaban J connectivity index is 1.48. The monoisotopic (exact) mass is 308 g/mol. The lowest BCUT2D eigenvalue weighted by Crippen LogP contribution is -2.42. The van der Waals surface area contributed by atoms with Gasteiger partial charge < -0.3 is 9.47 Å². The molecule has 23 heavy (non-hydrogen) atoms. The zero-order chi connectivity index (χ0) is 15.6. The highest BCUT2D eigenvalue weighted by molar-refractivity contribution is 5.83. The molecule has 0 radical (unpaired) electrons. The number of amides is 1. The van der Waals surface area contributed by atoms with Gasteiger partial charge in [0, 0.05) is 37.2 Å². The van der Waals surface area contributed by atoms with Gasteiger partial charge in [-0.3, -0.25) is 9.48 Å². The average Bonchev–Trinajstić information content (AvgIpc) is 3.25. The summed E-state index contributed by atoms with van der Waals surface area (Å²) in [4.78, 5) is 14.7. The summed E-state index contributed by atoms with van der Waals surface area (Å²) in [5.74, 6) is 0.184. The smallest absolute Gasteiger partial charge is 0.242 e. The third-order valence-corrected chi connectivity index (χ3v) is 4.63. The van der Waals surface area contributed by atoms with Crippen molar-refractivity contribution in [3.05, 3.63) is 55.0 Å². The van der Waals surface area contributed by atoms with Crippen LogP contribution in [0.3, 0.4) is 0 Å². The van der Waals surface area contributed by atoms with Crippen LogP contribution in [0.5, 0.6) is 0 Å². The van der Waals surface area contributed by atoms with Crippen molar-refractivity contribution in [2.45, 2.75) is 25.4 Å². The van der Waals surface area contributed by atoms with E-state index in [2.05, 4.69) is 23.3 Å². The zero-order valence-corrected chi connectivity index (χ0v) is 13.0. The Morgan fingerprint density at radius 1 is 1.17 bits per heavy atom. The maximum atomic E-state index is 12.7. The van der Waals surface area contributed by atoms with Crippen molar-refractivity contribution in [1.82, 2.24) is 19.2 Å². The molecule has 1 aliphatic heterocycles. The second kappa shape index (κ2) is 5.91. The highest BCUT2D eigenvalue weighted by Crippen LogP contribution is 2.21. The number of rotatable bonds is 3. The Labute approximate surface area is 135 Å². The Hall–Kier alpha value is -2.56. The van der Waals surface area contributed by atoms with Crippen molar-refractivity contribution in [1.29, 1.82) is 0 Å². The summed E-state index contributed by atoms with van der Waals surface area (Å²) in [5.41, 5.74) is 1.11. The van der Waals surface area contributed by atoms with Crippen LogP contribution in [-0.2, 0) is 11.3 Å². The van der Waals surface area contributed by atoms with Gasteiger partial charge in [0.15, 0.2) is 0 Å². The minimum atomic E-state index is 0.184. The van der Waals surface area contributed by atoms with Crippen LogP contribution in [0.2, 0.25) is 0 Å². The molecule has 5 nitrogen and oxygen atoms in total. The van der Waals surface area contributed by atoms with Crippen LogP contribution in [0.15, 0.2) is 55.0 Å². The lowest BCUT2D eigenvalue weighted by molar-refractivity contribution is -0.133.